The van der Waals surface area contributed by atoms with E-state index < -0.39 is 0 Å². The van der Waals surface area contributed by atoms with E-state index in [0.717, 1.165) is 29.3 Å². The molecular formula is C16H24BrN3. The van der Waals surface area contributed by atoms with Gasteiger partial charge in [0.15, 0.2) is 0 Å². The fourth-order valence-electron chi connectivity index (χ4n) is 3.68. The van der Waals surface area contributed by atoms with Gasteiger partial charge in [-0.2, -0.15) is 0 Å². The Labute approximate surface area is 130 Å². The minimum atomic E-state index is 0.372. The van der Waals surface area contributed by atoms with Crippen LogP contribution in [0.15, 0.2) is 10.7 Å². The zero-order chi connectivity index (χ0) is 14.2. The first kappa shape index (κ1) is 14.3. The molecule has 3 nitrogen and oxygen atoms in total. The number of aromatic nitrogens is 2. The average molecular weight is 338 g/mol. The van der Waals surface area contributed by atoms with E-state index in [-0.39, 0.29) is 0 Å². The molecule has 2 aliphatic rings. The molecule has 1 aliphatic carbocycles. The Morgan fingerprint density at radius 1 is 1.10 bits per heavy atom. The number of piperidine rings is 1. The summed E-state index contributed by atoms with van der Waals surface area (Å²) in [6, 6.07) is 2.07. The highest BCUT2D eigenvalue weighted by molar-refractivity contribution is 9.10. The van der Waals surface area contributed by atoms with Gasteiger partial charge in [0.25, 0.3) is 0 Å². The molecule has 20 heavy (non-hydrogen) atoms. The van der Waals surface area contributed by atoms with Crippen molar-refractivity contribution in [3.8, 4) is 0 Å². The Bertz CT molecular complexity index is 471. The van der Waals surface area contributed by atoms with Crippen LogP contribution >= 0.6 is 15.9 Å². The van der Waals surface area contributed by atoms with Crippen molar-refractivity contribution in [3.05, 3.63) is 16.5 Å². The SMILES string of the molecule is CC(C)c1nc(Br)cc(N2CCC3(CCCC3)CC2)n1. The predicted octanol–water partition coefficient (Wildman–Crippen LogP) is 4.52. The number of anilines is 1. The molecule has 110 valence electrons. The Balaban J connectivity index is 1.74. The number of rotatable bonds is 2. The van der Waals surface area contributed by atoms with Gasteiger partial charge in [-0.3, -0.25) is 0 Å². The summed E-state index contributed by atoms with van der Waals surface area (Å²) in [5.41, 5.74) is 0.668. The van der Waals surface area contributed by atoms with Gasteiger partial charge in [0.1, 0.15) is 16.2 Å². The van der Waals surface area contributed by atoms with Crippen LogP contribution in [0.4, 0.5) is 5.82 Å². The molecule has 1 saturated heterocycles. The third-order valence-corrected chi connectivity index (χ3v) is 5.43. The van der Waals surface area contributed by atoms with Gasteiger partial charge in [0, 0.05) is 25.1 Å². The molecular weight excluding hydrogens is 314 g/mol. The summed E-state index contributed by atoms with van der Waals surface area (Å²) >= 11 is 3.53. The molecule has 0 radical (unpaired) electrons. The van der Waals surface area contributed by atoms with Crippen LogP contribution in [0.2, 0.25) is 0 Å². The Morgan fingerprint density at radius 3 is 2.35 bits per heavy atom. The number of hydrogen-bond acceptors (Lipinski definition) is 3. The monoisotopic (exact) mass is 337 g/mol. The molecule has 1 saturated carbocycles. The van der Waals surface area contributed by atoms with Crippen LogP contribution in [0.25, 0.3) is 0 Å². The Hall–Kier alpha value is -0.640. The van der Waals surface area contributed by atoms with Crippen LogP contribution in [0.1, 0.15) is 64.1 Å². The lowest BCUT2D eigenvalue weighted by molar-refractivity contribution is 0.226. The molecule has 2 heterocycles. The average Bonchev–Trinajstić information content (AvgIpc) is 2.87. The van der Waals surface area contributed by atoms with Crippen molar-refractivity contribution in [3.63, 3.8) is 0 Å². The van der Waals surface area contributed by atoms with E-state index in [1.54, 1.807) is 0 Å². The van der Waals surface area contributed by atoms with Crippen LogP contribution in [-0.4, -0.2) is 23.1 Å². The van der Waals surface area contributed by atoms with Crippen molar-refractivity contribution in [1.29, 1.82) is 0 Å². The van der Waals surface area contributed by atoms with Crippen LogP contribution in [-0.2, 0) is 0 Å². The summed E-state index contributed by atoms with van der Waals surface area (Å²) in [4.78, 5) is 11.7. The molecule has 0 atom stereocenters. The van der Waals surface area contributed by atoms with Gasteiger partial charge in [-0.15, -0.1) is 0 Å². The molecule has 1 aromatic heterocycles. The summed E-state index contributed by atoms with van der Waals surface area (Å²) in [5, 5.41) is 0. The third-order valence-electron chi connectivity index (χ3n) is 5.03. The molecule has 0 unspecified atom stereocenters. The Morgan fingerprint density at radius 2 is 1.75 bits per heavy atom. The van der Waals surface area contributed by atoms with E-state index in [1.807, 2.05) is 0 Å². The molecule has 3 rings (SSSR count). The van der Waals surface area contributed by atoms with Crippen molar-refractivity contribution >= 4 is 21.7 Å². The molecule has 0 bridgehead atoms. The molecule has 4 heteroatoms. The van der Waals surface area contributed by atoms with Crippen LogP contribution in [0.5, 0.6) is 0 Å². The number of hydrogen-bond donors (Lipinski definition) is 0. The molecule has 0 amide bonds. The lowest BCUT2D eigenvalue weighted by Crippen LogP contribution is -2.39. The first-order valence-corrected chi connectivity index (χ1v) is 8.67. The van der Waals surface area contributed by atoms with Gasteiger partial charge >= 0.3 is 0 Å². The molecule has 1 aromatic rings. The zero-order valence-corrected chi connectivity index (χ0v) is 14.1. The highest BCUT2D eigenvalue weighted by Gasteiger charge is 2.37. The minimum absolute atomic E-state index is 0.372. The second kappa shape index (κ2) is 5.63. The van der Waals surface area contributed by atoms with Crippen molar-refractivity contribution in [1.82, 2.24) is 9.97 Å². The first-order valence-electron chi connectivity index (χ1n) is 7.87. The lowest BCUT2D eigenvalue weighted by atomic mass is 9.77. The van der Waals surface area contributed by atoms with Crippen LogP contribution in [0.3, 0.4) is 0 Å². The fourth-order valence-corrected chi connectivity index (χ4v) is 4.06. The van der Waals surface area contributed by atoms with Crippen molar-refractivity contribution in [2.24, 2.45) is 5.41 Å². The standard InChI is InChI=1S/C16H24BrN3/c1-12(2)15-18-13(17)11-14(19-15)20-9-7-16(8-10-20)5-3-4-6-16/h11-12H,3-10H2,1-2H3. The van der Waals surface area contributed by atoms with Crippen molar-refractivity contribution in [2.45, 2.75) is 58.3 Å². The van der Waals surface area contributed by atoms with Gasteiger partial charge in [0.05, 0.1) is 0 Å². The smallest absolute Gasteiger partial charge is 0.134 e. The molecule has 1 aliphatic heterocycles. The second-order valence-electron chi connectivity index (χ2n) is 6.76. The fraction of sp³-hybridized carbons (Fsp3) is 0.750. The first-order chi connectivity index (χ1) is 9.58. The summed E-state index contributed by atoms with van der Waals surface area (Å²) in [6.45, 7) is 6.60. The van der Waals surface area contributed by atoms with Gasteiger partial charge in [0.2, 0.25) is 0 Å². The second-order valence-corrected chi connectivity index (χ2v) is 7.57. The van der Waals surface area contributed by atoms with E-state index in [1.165, 1.54) is 38.5 Å². The van der Waals surface area contributed by atoms with E-state index in [2.05, 4.69) is 45.7 Å². The maximum atomic E-state index is 4.76. The topological polar surface area (TPSA) is 29.0 Å². The third kappa shape index (κ3) is 2.85. The summed E-state index contributed by atoms with van der Waals surface area (Å²) in [7, 11) is 0. The number of halogens is 1. The molecule has 1 spiro atoms. The van der Waals surface area contributed by atoms with Gasteiger partial charge in [-0.05, 0) is 47.0 Å². The van der Waals surface area contributed by atoms with E-state index in [4.69, 9.17) is 4.98 Å². The summed E-state index contributed by atoms with van der Waals surface area (Å²) < 4.78 is 0.910. The van der Waals surface area contributed by atoms with Gasteiger partial charge < -0.3 is 4.90 Å². The number of nitrogens with zero attached hydrogens (tertiary/aromatic N) is 3. The normalized spacial score (nSPS) is 21.9. The van der Waals surface area contributed by atoms with E-state index >= 15 is 0 Å². The van der Waals surface area contributed by atoms with Crippen LogP contribution in [0, 0.1) is 5.41 Å². The lowest BCUT2D eigenvalue weighted by Gasteiger charge is -2.40. The quantitative estimate of drug-likeness (QED) is 0.742. The molecule has 2 fully saturated rings. The maximum Gasteiger partial charge on any atom is 0.134 e. The predicted molar refractivity (Wildman–Crippen MR) is 86.2 cm³/mol. The molecule has 0 aromatic carbocycles. The van der Waals surface area contributed by atoms with Gasteiger partial charge in [-0.25, -0.2) is 9.97 Å². The van der Waals surface area contributed by atoms with E-state index in [0.29, 0.717) is 11.3 Å². The van der Waals surface area contributed by atoms with Gasteiger partial charge in [-0.1, -0.05) is 26.7 Å². The van der Waals surface area contributed by atoms with Crippen molar-refractivity contribution in [2.75, 3.05) is 18.0 Å². The highest BCUT2D eigenvalue weighted by atomic mass is 79.9. The zero-order valence-electron chi connectivity index (χ0n) is 12.5. The largest absolute Gasteiger partial charge is 0.356 e. The van der Waals surface area contributed by atoms with Crippen molar-refractivity contribution < 1.29 is 0 Å². The summed E-state index contributed by atoms with van der Waals surface area (Å²) in [6.07, 6.45) is 8.46. The summed E-state index contributed by atoms with van der Waals surface area (Å²) in [5.74, 6) is 2.41. The van der Waals surface area contributed by atoms with Crippen LogP contribution < -0.4 is 4.90 Å². The minimum Gasteiger partial charge on any atom is -0.356 e. The van der Waals surface area contributed by atoms with E-state index in [9.17, 15) is 0 Å². The maximum absolute atomic E-state index is 4.76. The molecule has 0 N–H and O–H groups in total. The highest BCUT2D eigenvalue weighted by Crippen LogP contribution is 2.46. The Kier molecular flexibility index (Phi) is 4.02.